The van der Waals surface area contributed by atoms with Gasteiger partial charge in [-0.25, -0.2) is 4.39 Å². The zero-order chi connectivity index (χ0) is 17.3. The van der Waals surface area contributed by atoms with Crippen LogP contribution in [-0.2, 0) is 10.3 Å². The van der Waals surface area contributed by atoms with Crippen LogP contribution in [0, 0.1) is 17.1 Å². The molecule has 0 fully saturated rings. The zero-order valence-corrected chi connectivity index (χ0v) is 13.1. The third kappa shape index (κ3) is 2.39. The predicted octanol–water partition coefficient (Wildman–Crippen LogP) is 2.97. The number of benzene rings is 2. The largest absolute Gasteiger partial charge is 0.497 e. The highest BCUT2D eigenvalue weighted by atomic mass is 19.1. The zero-order valence-electron chi connectivity index (χ0n) is 13.1. The minimum Gasteiger partial charge on any atom is -0.497 e. The van der Waals surface area contributed by atoms with E-state index in [1.807, 2.05) is 6.07 Å². The number of carbonyl (C=O) groups is 1. The summed E-state index contributed by atoms with van der Waals surface area (Å²) < 4.78 is 18.5. The van der Waals surface area contributed by atoms with E-state index < -0.39 is 5.54 Å². The number of nitriles is 1. The molecule has 24 heavy (non-hydrogen) atoms. The number of anilines is 2. The van der Waals surface area contributed by atoms with E-state index in [9.17, 15) is 9.18 Å². The fourth-order valence-corrected chi connectivity index (χ4v) is 2.97. The molecule has 1 aliphatic heterocycles. The van der Waals surface area contributed by atoms with Gasteiger partial charge in [-0.2, -0.15) is 5.26 Å². The Hall–Kier alpha value is -2.91. The van der Waals surface area contributed by atoms with Crippen molar-refractivity contribution in [3.8, 4) is 11.8 Å². The second kappa shape index (κ2) is 5.95. The minimum absolute atomic E-state index is 0.158. The number of fused-ring (bicyclic) bond motifs is 1. The normalized spacial score (nSPS) is 19.1. The van der Waals surface area contributed by atoms with Gasteiger partial charge in [0.1, 0.15) is 17.1 Å². The average Bonchev–Trinajstić information content (AvgIpc) is 2.82. The molecule has 0 saturated carbocycles. The Balaban J connectivity index is 2.16. The summed E-state index contributed by atoms with van der Waals surface area (Å²) in [5, 5.41) is 8.88. The van der Waals surface area contributed by atoms with E-state index in [4.69, 9.17) is 15.7 Å². The van der Waals surface area contributed by atoms with Gasteiger partial charge in [0.2, 0.25) is 0 Å². The third-order valence-electron chi connectivity index (χ3n) is 4.23. The predicted molar refractivity (Wildman–Crippen MR) is 87.3 cm³/mol. The molecule has 122 valence electrons. The number of amides is 1. The van der Waals surface area contributed by atoms with Crippen LogP contribution in [-0.4, -0.2) is 13.0 Å². The van der Waals surface area contributed by atoms with Crippen molar-refractivity contribution >= 4 is 17.3 Å². The molecule has 0 radical (unpaired) electrons. The molecule has 2 N–H and O–H groups in total. The van der Waals surface area contributed by atoms with Gasteiger partial charge in [-0.1, -0.05) is 6.07 Å². The molecule has 0 bridgehead atoms. The Bertz CT molecular complexity index is 829. The Morgan fingerprint density at radius 3 is 2.62 bits per heavy atom. The topological polar surface area (TPSA) is 79.3 Å². The van der Waals surface area contributed by atoms with Crippen LogP contribution in [0.2, 0.25) is 0 Å². The summed E-state index contributed by atoms with van der Waals surface area (Å²) in [6, 6.07) is 12.8. The number of rotatable bonds is 4. The van der Waals surface area contributed by atoms with Crippen molar-refractivity contribution in [2.24, 2.45) is 5.73 Å². The average molecular weight is 325 g/mol. The van der Waals surface area contributed by atoms with E-state index >= 15 is 0 Å². The molecule has 1 atom stereocenters. The lowest BCUT2D eigenvalue weighted by atomic mass is 9.88. The Morgan fingerprint density at radius 1 is 1.29 bits per heavy atom. The molecule has 1 unspecified atom stereocenters. The lowest BCUT2D eigenvalue weighted by Crippen LogP contribution is -2.45. The van der Waals surface area contributed by atoms with Crippen molar-refractivity contribution in [1.29, 1.82) is 5.26 Å². The molecular weight excluding hydrogens is 309 g/mol. The first-order chi connectivity index (χ1) is 11.5. The number of hydrogen-bond acceptors (Lipinski definition) is 4. The summed E-state index contributed by atoms with van der Waals surface area (Å²) in [5.74, 6) is -0.148. The number of nitrogens with zero attached hydrogens (tertiary/aromatic N) is 2. The fraction of sp³-hybridized carbons (Fsp3) is 0.222. The monoisotopic (exact) mass is 325 g/mol. The first-order valence-corrected chi connectivity index (χ1v) is 7.46. The van der Waals surface area contributed by atoms with Crippen LogP contribution in [0.5, 0.6) is 5.75 Å². The lowest BCUT2D eigenvalue weighted by Gasteiger charge is -2.23. The summed E-state index contributed by atoms with van der Waals surface area (Å²) in [5.41, 5.74) is 6.84. The van der Waals surface area contributed by atoms with E-state index in [0.29, 0.717) is 22.7 Å². The number of hydrogen-bond donors (Lipinski definition) is 1. The van der Waals surface area contributed by atoms with Gasteiger partial charge in [0.15, 0.2) is 0 Å². The van der Waals surface area contributed by atoms with Gasteiger partial charge in [-0.15, -0.1) is 0 Å². The molecule has 2 aromatic rings. The first kappa shape index (κ1) is 16.0. The molecule has 6 heteroatoms. The van der Waals surface area contributed by atoms with Crippen molar-refractivity contribution < 1.29 is 13.9 Å². The van der Waals surface area contributed by atoms with Crippen LogP contribution in [0.4, 0.5) is 15.8 Å². The maximum atomic E-state index is 13.2. The molecular formula is C18H16FN3O2. The van der Waals surface area contributed by atoms with E-state index in [1.54, 1.807) is 18.2 Å². The van der Waals surface area contributed by atoms with Gasteiger partial charge < -0.3 is 10.5 Å². The van der Waals surface area contributed by atoms with Gasteiger partial charge in [-0.3, -0.25) is 9.69 Å². The van der Waals surface area contributed by atoms with Crippen molar-refractivity contribution in [1.82, 2.24) is 0 Å². The van der Waals surface area contributed by atoms with E-state index in [-0.39, 0.29) is 24.6 Å². The van der Waals surface area contributed by atoms with Gasteiger partial charge in [-0.05, 0) is 36.8 Å². The minimum atomic E-state index is -1.29. The molecule has 5 nitrogen and oxygen atoms in total. The molecule has 0 saturated heterocycles. The van der Waals surface area contributed by atoms with Gasteiger partial charge >= 0.3 is 0 Å². The maximum absolute atomic E-state index is 13.2. The number of carbonyl (C=O) groups excluding carboxylic acids is 1. The smallest absolute Gasteiger partial charge is 0.256 e. The lowest BCUT2D eigenvalue weighted by molar-refractivity contribution is -0.122. The SMILES string of the molecule is COc1ccc2c(c1)N(c1ccc(F)cc1)C(=O)C2(N)CCC#N. The molecule has 1 amide bonds. The van der Waals surface area contributed by atoms with Crippen molar-refractivity contribution in [2.45, 2.75) is 18.4 Å². The fourth-order valence-electron chi connectivity index (χ4n) is 2.97. The molecule has 0 aliphatic carbocycles. The van der Waals surface area contributed by atoms with Crippen molar-refractivity contribution in [3.63, 3.8) is 0 Å². The van der Waals surface area contributed by atoms with Crippen LogP contribution >= 0.6 is 0 Å². The van der Waals surface area contributed by atoms with Gasteiger partial charge in [0.05, 0.1) is 18.9 Å². The second-order valence-corrected chi connectivity index (χ2v) is 5.63. The molecule has 0 aromatic heterocycles. The van der Waals surface area contributed by atoms with E-state index in [1.165, 1.54) is 36.3 Å². The van der Waals surface area contributed by atoms with Crippen molar-refractivity contribution in [2.75, 3.05) is 12.0 Å². The molecule has 1 heterocycles. The van der Waals surface area contributed by atoms with Crippen LogP contribution < -0.4 is 15.4 Å². The molecule has 1 aliphatic rings. The Morgan fingerprint density at radius 2 is 2.00 bits per heavy atom. The number of ether oxygens (including phenoxy) is 1. The molecule has 3 rings (SSSR count). The first-order valence-electron chi connectivity index (χ1n) is 7.46. The third-order valence-corrected chi connectivity index (χ3v) is 4.23. The second-order valence-electron chi connectivity index (χ2n) is 5.63. The standard InChI is InChI=1S/C18H16FN3O2/c1-24-14-7-8-15-16(11-14)22(13-5-3-12(19)4-6-13)17(23)18(15,21)9-2-10-20/h3-8,11H,2,9,21H2,1H3. The number of nitrogens with two attached hydrogens (primary N) is 1. The van der Waals surface area contributed by atoms with Crippen LogP contribution in [0.3, 0.4) is 0 Å². The summed E-state index contributed by atoms with van der Waals surface area (Å²) in [4.78, 5) is 14.5. The summed E-state index contributed by atoms with van der Waals surface area (Å²) in [6.07, 6.45) is 0.365. The van der Waals surface area contributed by atoms with E-state index in [0.717, 1.165) is 0 Å². The van der Waals surface area contributed by atoms with Gasteiger partial charge in [0, 0.05) is 23.7 Å². The molecule has 0 spiro atoms. The van der Waals surface area contributed by atoms with Crippen LogP contribution in [0.25, 0.3) is 0 Å². The summed E-state index contributed by atoms with van der Waals surface area (Å²) in [7, 11) is 1.53. The van der Waals surface area contributed by atoms with Gasteiger partial charge in [0.25, 0.3) is 5.91 Å². The quantitative estimate of drug-likeness (QED) is 0.937. The number of methoxy groups -OCH3 is 1. The highest BCUT2D eigenvalue weighted by Crippen LogP contribution is 2.46. The number of halogens is 1. The highest BCUT2D eigenvalue weighted by Gasteiger charge is 2.48. The summed E-state index contributed by atoms with van der Waals surface area (Å²) in [6.45, 7) is 0. The Labute approximate surface area is 139 Å². The molecule has 2 aromatic carbocycles. The highest BCUT2D eigenvalue weighted by molar-refractivity contribution is 6.12. The van der Waals surface area contributed by atoms with Crippen LogP contribution in [0.1, 0.15) is 18.4 Å². The van der Waals surface area contributed by atoms with Crippen molar-refractivity contribution in [3.05, 3.63) is 53.8 Å². The van der Waals surface area contributed by atoms with Crippen LogP contribution in [0.15, 0.2) is 42.5 Å². The Kier molecular flexibility index (Phi) is 3.96. The summed E-state index contributed by atoms with van der Waals surface area (Å²) >= 11 is 0. The maximum Gasteiger partial charge on any atom is 0.256 e. The van der Waals surface area contributed by atoms with E-state index in [2.05, 4.69) is 0 Å².